The van der Waals surface area contributed by atoms with Gasteiger partial charge in [-0.15, -0.1) is 0 Å². The van der Waals surface area contributed by atoms with E-state index in [2.05, 4.69) is 50.0 Å². The average Bonchev–Trinajstić information content (AvgIpc) is 2.59. The lowest BCUT2D eigenvalue weighted by Gasteiger charge is -2.34. The van der Waals surface area contributed by atoms with E-state index >= 15 is 0 Å². The highest BCUT2D eigenvalue weighted by atomic mass is 79.9. The molecule has 0 saturated carbocycles. The molecule has 3 rings (SSSR count). The van der Waals surface area contributed by atoms with Crippen molar-refractivity contribution in [3.63, 3.8) is 0 Å². The van der Waals surface area contributed by atoms with Gasteiger partial charge in [-0.1, -0.05) is 40.2 Å². The van der Waals surface area contributed by atoms with Crippen molar-refractivity contribution in [2.75, 3.05) is 26.2 Å². The summed E-state index contributed by atoms with van der Waals surface area (Å²) >= 11 is 3.47. The molecule has 0 amide bonds. The van der Waals surface area contributed by atoms with E-state index in [-0.39, 0.29) is 0 Å². The number of hydrogen-bond donors (Lipinski definition) is 1. The smallest absolute Gasteiger partial charge is 0.335 e. The first-order chi connectivity index (χ1) is 11.6. The third-order valence-corrected chi connectivity index (χ3v) is 4.92. The van der Waals surface area contributed by atoms with E-state index in [0.29, 0.717) is 5.56 Å². The van der Waals surface area contributed by atoms with E-state index in [1.807, 2.05) is 12.1 Å². The summed E-state index contributed by atoms with van der Waals surface area (Å²) < 4.78 is 1.12. The van der Waals surface area contributed by atoms with Gasteiger partial charge in [0.15, 0.2) is 0 Å². The molecule has 0 aromatic heterocycles. The SMILES string of the molecule is O=C(O)c1ccc(CN2CCN(Cc3ccc(Br)cc3)CC2)cc1. The Morgan fingerprint density at radius 3 is 1.67 bits per heavy atom. The Morgan fingerprint density at radius 1 is 0.833 bits per heavy atom. The molecule has 126 valence electrons. The lowest BCUT2D eigenvalue weighted by Crippen LogP contribution is -2.45. The molecule has 2 aromatic carbocycles. The fraction of sp³-hybridized carbons (Fsp3) is 0.316. The molecule has 24 heavy (non-hydrogen) atoms. The van der Waals surface area contributed by atoms with Gasteiger partial charge < -0.3 is 5.11 Å². The highest BCUT2D eigenvalue weighted by Crippen LogP contribution is 2.15. The summed E-state index contributed by atoms with van der Waals surface area (Å²) in [6.07, 6.45) is 0. The number of halogens is 1. The summed E-state index contributed by atoms with van der Waals surface area (Å²) in [5, 5.41) is 8.94. The van der Waals surface area contributed by atoms with Crippen LogP contribution in [0.5, 0.6) is 0 Å². The van der Waals surface area contributed by atoms with Crippen molar-refractivity contribution in [1.29, 1.82) is 0 Å². The summed E-state index contributed by atoms with van der Waals surface area (Å²) in [6.45, 7) is 6.07. The van der Waals surface area contributed by atoms with E-state index in [9.17, 15) is 4.79 Å². The second kappa shape index (κ2) is 7.92. The maximum absolute atomic E-state index is 10.9. The summed E-state index contributed by atoms with van der Waals surface area (Å²) in [4.78, 5) is 15.8. The standard InChI is InChI=1S/C19H21BrN2O2/c20-18-7-3-16(4-8-18)14-22-11-9-21(10-12-22)13-15-1-5-17(6-2-15)19(23)24/h1-8H,9-14H2,(H,23,24). The van der Waals surface area contributed by atoms with Crippen molar-refractivity contribution in [2.45, 2.75) is 13.1 Å². The summed E-state index contributed by atoms with van der Waals surface area (Å²) in [6, 6.07) is 15.7. The predicted molar refractivity (Wildman–Crippen MR) is 98.1 cm³/mol. The van der Waals surface area contributed by atoms with Crippen molar-refractivity contribution in [3.05, 3.63) is 69.7 Å². The van der Waals surface area contributed by atoms with Crippen LogP contribution >= 0.6 is 15.9 Å². The average molecular weight is 389 g/mol. The van der Waals surface area contributed by atoms with E-state index in [0.717, 1.165) is 43.7 Å². The lowest BCUT2D eigenvalue weighted by atomic mass is 10.1. The molecule has 0 unspecified atom stereocenters. The minimum absolute atomic E-state index is 0.345. The molecule has 0 radical (unpaired) electrons. The minimum Gasteiger partial charge on any atom is -0.478 e. The molecule has 1 saturated heterocycles. The molecule has 1 fully saturated rings. The van der Waals surface area contributed by atoms with E-state index < -0.39 is 5.97 Å². The zero-order valence-electron chi connectivity index (χ0n) is 13.5. The Hall–Kier alpha value is -1.69. The summed E-state index contributed by atoms with van der Waals surface area (Å²) in [7, 11) is 0. The van der Waals surface area contributed by atoms with E-state index in [1.165, 1.54) is 11.1 Å². The predicted octanol–water partition coefficient (Wildman–Crippen LogP) is 3.47. The number of carbonyl (C=O) groups is 1. The van der Waals surface area contributed by atoms with Crippen LogP contribution in [0.1, 0.15) is 21.5 Å². The van der Waals surface area contributed by atoms with Crippen LogP contribution in [-0.2, 0) is 13.1 Å². The van der Waals surface area contributed by atoms with Gasteiger partial charge in [0, 0.05) is 43.7 Å². The zero-order valence-corrected chi connectivity index (χ0v) is 15.1. The third kappa shape index (κ3) is 4.66. The number of nitrogens with zero attached hydrogens (tertiary/aromatic N) is 2. The zero-order chi connectivity index (χ0) is 16.9. The van der Waals surface area contributed by atoms with Crippen molar-refractivity contribution in [1.82, 2.24) is 9.80 Å². The number of hydrogen-bond acceptors (Lipinski definition) is 3. The van der Waals surface area contributed by atoms with Gasteiger partial charge in [0.05, 0.1) is 5.56 Å². The maximum Gasteiger partial charge on any atom is 0.335 e. The number of carboxylic acid groups (broad SMARTS) is 1. The van der Waals surface area contributed by atoms with Crippen LogP contribution in [0.4, 0.5) is 0 Å². The molecule has 1 aliphatic rings. The highest BCUT2D eigenvalue weighted by molar-refractivity contribution is 9.10. The van der Waals surface area contributed by atoms with Gasteiger partial charge in [-0.05, 0) is 35.4 Å². The number of rotatable bonds is 5. The van der Waals surface area contributed by atoms with Gasteiger partial charge in [-0.3, -0.25) is 9.80 Å². The summed E-state index contributed by atoms with van der Waals surface area (Å²) in [5.74, 6) is -0.872. The van der Waals surface area contributed by atoms with Crippen LogP contribution in [0.25, 0.3) is 0 Å². The number of aromatic carboxylic acids is 1. The first-order valence-corrected chi connectivity index (χ1v) is 8.91. The minimum atomic E-state index is -0.872. The van der Waals surface area contributed by atoms with Crippen molar-refractivity contribution in [3.8, 4) is 0 Å². The second-order valence-corrected chi connectivity index (χ2v) is 7.10. The number of carboxylic acids is 1. The quantitative estimate of drug-likeness (QED) is 0.851. The molecular formula is C19H21BrN2O2. The van der Waals surface area contributed by atoms with E-state index in [4.69, 9.17) is 5.11 Å². The van der Waals surface area contributed by atoms with Crippen molar-refractivity contribution in [2.24, 2.45) is 0 Å². The molecular weight excluding hydrogens is 368 g/mol. The third-order valence-electron chi connectivity index (χ3n) is 4.39. The molecule has 0 atom stereocenters. The van der Waals surface area contributed by atoms with Crippen LogP contribution in [0.3, 0.4) is 0 Å². The van der Waals surface area contributed by atoms with Gasteiger partial charge in [0.2, 0.25) is 0 Å². The fourth-order valence-electron chi connectivity index (χ4n) is 2.96. The normalized spacial score (nSPS) is 16.2. The van der Waals surface area contributed by atoms with Crippen LogP contribution in [0, 0.1) is 0 Å². The second-order valence-electron chi connectivity index (χ2n) is 6.18. The van der Waals surface area contributed by atoms with Gasteiger partial charge in [-0.25, -0.2) is 4.79 Å². The van der Waals surface area contributed by atoms with Gasteiger partial charge in [0.25, 0.3) is 0 Å². The van der Waals surface area contributed by atoms with E-state index in [1.54, 1.807) is 12.1 Å². The van der Waals surface area contributed by atoms with Gasteiger partial charge >= 0.3 is 5.97 Å². The molecule has 1 heterocycles. The monoisotopic (exact) mass is 388 g/mol. The summed E-state index contributed by atoms with van der Waals surface area (Å²) in [5.41, 5.74) is 2.86. The van der Waals surface area contributed by atoms with Crippen LogP contribution in [0.2, 0.25) is 0 Å². The van der Waals surface area contributed by atoms with Crippen LogP contribution in [-0.4, -0.2) is 47.1 Å². The molecule has 1 N–H and O–H groups in total. The lowest BCUT2D eigenvalue weighted by molar-refractivity contribution is 0.0697. The Morgan fingerprint density at radius 2 is 1.25 bits per heavy atom. The Balaban J connectivity index is 1.48. The molecule has 2 aromatic rings. The molecule has 5 heteroatoms. The first-order valence-electron chi connectivity index (χ1n) is 8.11. The first kappa shape index (κ1) is 17.1. The molecule has 0 bridgehead atoms. The molecule has 4 nitrogen and oxygen atoms in total. The van der Waals surface area contributed by atoms with Crippen molar-refractivity contribution < 1.29 is 9.90 Å². The Kier molecular flexibility index (Phi) is 5.66. The van der Waals surface area contributed by atoms with Crippen LogP contribution in [0.15, 0.2) is 53.0 Å². The van der Waals surface area contributed by atoms with Crippen molar-refractivity contribution >= 4 is 21.9 Å². The van der Waals surface area contributed by atoms with Gasteiger partial charge in [0.1, 0.15) is 0 Å². The van der Waals surface area contributed by atoms with Gasteiger partial charge in [-0.2, -0.15) is 0 Å². The largest absolute Gasteiger partial charge is 0.478 e. The highest BCUT2D eigenvalue weighted by Gasteiger charge is 2.17. The Bertz CT molecular complexity index is 678. The van der Waals surface area contributed by atoms with Crippen LogP contribution < -0.4 is 0 Å². The Labute approximate surface area is 150 Å². The number of piperazine rings is 1. The number of benzene rings is 2. The maximum atomic E-state index is 10.9. The topological polar surface area (TPSA) is 43.8 Å². The molecule has 0 spiro atoms. The fourth-order valence-corrected chi connectivity index (χ4v) is 3.23. The molecule has 0 aliphatic carbocycles. The molecule has 1 aliphatic heterocycles.